The Morgan fingerprint density at radius 2 is 1.29 bits per heavy atom. The number of hydrogen-bond donors (Lipinski definition) is 0. The molecule has 0 aromatic rings. The second kappa shape index (κ2) is 15.6. The third kappa shape index (κ3) is 18.3. The van der Waals surface area contributed by atoms with Crippen LogP contribution >= 0.6 is 11.5 Å². The van der Waals surface area contributed by atoms with Gasteiger partial charge in [-0.25, -0.2) is 0 Å². The standard InChI is InChI=1S/2ClH.2OP.Zr/c;;2*1-2;/h2*1H;;;/q;;2*-1;+4/p-2. The molecule has 0 aliphatic heterocycles. The molecule has 0 atom stereocenters. The summed E-state index contributed by atoms with van der Waals surface area (Å²) >= 11 is -0.949. The van der Waals surface area contributed by atoms with Crippen molar-refractivity contribution < 1.29 is 56.0 Å². The summed E-state index contributed by atoms with van der Waals surface area (Å²) < 4.78 is 18.7. The molecule has 2 nitrogen and oxygen atoms in total. The maximum atomic E-state index is 9.37. The summed E-state index contributed by atoms with van der Waals surface area (Å²) in [4.78, 5) is 0. The van der Waals surface area contributed by atoms with Crippen LogP contribution in [0.3, 0.4) is 0 Å². The third-order valence-electron chi connectivity index (χ3n) is 0.0816. The fraction of sp³-hybridized carbons (Fsp3) is 0. The number of rotatable bonds is 2. The van der Waals surface area contributed by atoms with Gasteiger partial charge in [0.25, 0.3) is 0 Å². The van der Waals surface area contributed by atoms with Crippen LogP contribution < -0.4 is 24.8 Å². The third-order valence-corrected chi connectivity index (χ3v) is 4.35. The average molecular weight is 256 g/mol. The summed E-state index contributed by atoms with van der Waals surface area (Å²) in [5.41, 5.74) is 0. The molecule has 0 amide bonds. The van der Waals surface area contributed by atoms with E-state index in [9.17, 15) is 9.13 Å². The van der Waals surface area contributed by atoms with Gasteiger partial charge >= 0.3 is 42.7 Å². The van der Waals surface area contributed by atoms with Crippen LogP contribution in [0, 0.1) is 0 Å². The van der Waals surface area contributed by atoms with Gasteiger partial charge in [-0.05, 0) is 0 Å². The summed E-state index contributed by atoms with van der Waals surface area (Å²) in [5, 5.41) is 0. The van der Waals surface area contributed by atoms with Crippen LogP contribution in [0.15, 0.2) is 0 Å². The predicted octanol–water partition coefficient (Wildman–Crippen LogP) is -4.51. The van der Waals surface area contributed by atoms with Gasteiger partial charge in [0.2, 0.25) is 0 Å². The van der Waals surface area contributed by atoms with E-state index < -0.39 is 22.1 Å². The van der Waals surface area contributed by atoms with Crippen molar-refractivity contribution in [3.05, 3.63) is 0 Å². The van der Waals surface area contributed by atoms with E-state index in [0.29, 0.717) is 0 Å². The van der Waals surface area contributed by atoms with Crippen molar-refractivity contribution in [1.82, 2.24) is 0 Å². The van der Waals surface area contributed by atoms with Crippen molar-refractivity contribution in [1.29, 1.82) is 0 Å². The Balaban J connectivity index is -0.0000000800. The zero-order valence-corrected chi connectivity index (χ0v) is 8.73. The van der Waals surface area contributed by atoms with Crippen molar-refractivity contribution >= 4 is 11.5 Å². The molecule has 0 aromatic heterocycles. The Labute approximate surface area is 67.1 Å². The second-order valence-electron chi connectivity index (χ2n) is 0.283. The molecule has 0 fully saturated rings. The minimum atomic E-state index is -0.949. The monoisotopic (exact) mass is 254 g/mol. The molecular weight excluding hydrogens is 256 g/mol. The van der Waals surface area contributed by atoms with Gasteiger partial charge in [-0.2, -0.15) is 0 Å². The molecule has 7 heteroatoms. The van der Waals surface area contributed by atoms with Gasteiger partial charge in [-0.15, -0.1) is 0 Å². The Kier molecular flexibility index (Phi) is 35.5. The maximum Gasteiger partial charge on any atom is -1.00 e. The van der Waals surface area contributed by atoms with Crippen LogP contribution in [0.4, 0.5) is 0 Å². The van der Waals surface area contributed by atoms with Crippen LogP contribution in [-0.2, 0) is 31.2 Å². The molecule has 0 aliphatic carbocycles. The fourth-order valence-corrected chi connectivity index (χ4v) is 0.887. The molecular formula is Cl2O2P2Zr. The van der Waals surface area contributed by atoms with E-state index in [1.165, 1.54) is 0 Å². The molecule has 0 rings (SSSR count). The first kappa shape index (κ1) is 15.9. The number of halogens is 2. The van der Waals surface area contributed by atoms with Gasteiger partial charge in [0, 0.05) is 0 Å². The summed E-state index contributed by atoms with van der Waals surface area (Å²) in [6.45, 7) is 0. The minimum Gasteiger partial charge on any atom is -1.00 e. The van der Waals surface area contributed by atoms with E-state index in [4.69, 9.17) is 0 Å². The first-order valence-electron chi connectivity index (χ1n) is 0.812. The first-order chi connectivity index (χ1) is 2.41. The van der Waals surface area contributed by atoms with Gasteiger partial charge in [-0.1, -0.05) is 0 Å². The summed E-state index contributed by atoms with van der Waals surface area (Å²) in [5.74, 6) is 0.250. The van der Waals surface area contributed by atoms with Gasteiger partial charge in [0.1, 0.15) is 0 Å². The zero-order chi connectivity index (χ0) is 4.12. The van der Waals surface area contributed by atoms with E-state index in [0.717, 1.165) is 0 Å². The quantitative estimate of drug-likeness (QED) is 0.467. The smallest absolute Gasteiger partial charge is 1.00 e. The molecule has 0 heterocycles. The second-order valence-corrected chi connectivity index (χ2v) is 8.56. The maximum absolute atomic E-state index is 9.37. The summed E-state index contributed by atoms with van der Waals surface area (Å²) in [7, 11) is 0. The van der Waals surface area contributed by atoms with Gasteiger partial charge < -0.3 is 24.8 Å². The van der Waals surface area contributed by atoms with Gasteiger partial charge in [-0.3, -0.25) is 0 Å². The van der Waals surface area contributed by atoms with Crippen molar-refractivity contribution in [3.63, 3.8) is 0 Å². The van der Waals surface area contributed by atoms with Crippen LogP contribution in [0.1, 0.15) is 0 Å². The minimum absolute atomic E-state index is 0. The summed E-state index contributed by atoms with van der Waals surface area (Å²) in [6, 6.07) is 0. The molecule has 0 saturated heterocycles. The van der Waals surface area contributed by atoms with E-state index in [1.54, 1.807) is 0 Å². The van der Waals surface area contributed by atoms with Gasteiger partial charge in [0.05, 0.1) is 0 Å². The van der Waals surface area contributed by atoms with Crippen molar-refractivity contribution in [2.75, 3.05) is 0 Å². The van der Waals surface area contributed by atoms with Crippen LogP contribution in [0.5, 0.6) is 0 Å². The van der Waals surface area contributed by atoms with E-state index in [1.807, 2.05) is 0 Å². The Morgan fingerprint density at radius 3 is 1.29 bits per heavy atom. The average Bonchev–Trinajstić information content (AvgIpc) is 1.41. The SMILES string of the molecule is O=[P][Zr+2][P]=O.[Cl-].[Cl-]. The molecule has 0 radical (unpaired) electrons. The van der Waals surface area contributed by atoms with Crippen LogP contribution in [0.2, 0.25) is 0 Å². The zero-order valence-electron chi connectivity index (χ0n) is 2.97. The van der Waals surface area contributed by atoms with Crippen LogP contribution in [0.25, 0.3) is 0 Å². The molecule has 0 N–H and O–H groups in total. The predicted molar refractivity (Wildman–Crippen MR) is 15.2 cm³/mol. The molecule has 0 bridgehead atoms. The Bertz CT molecular complexity index is 43.0. The summed E-state index contributed by atoms with van der Waals surface area (Å²) in [6.07, 6.45) is 0. The van der Waals surface area contributed by atoms with Crippen molar-refractivity contribution in [2.45, 2.75) is 0 Å². The molecule has 40 valence electrons. The van der Waals surface area contributed by atoms with Crippen molar-refractivity contribution in [3.8, 4) is 0 Å². The molecule has 7 heavy (non-hydrogen) atoms. The van der Waals surface area contributed by atoms with E-state index >= 15 is 0 Å². The Hall–Kier alpha value is 1.66. The van der Waals surface area contributed by atoms with Gasteiger partial charge in [0.15, 0.2) is 0 Å². The topological polar surface area (TPSA) is 34.1 Å². The number of hydrogen-bond acceptors (Lipinski definition) is 2. The van der Waals surface area contributed by atoms with Crippen LogP contribution in [-0.4, -0.2) is 0 Å². The largest absolute Gasteiger partial charge is 1.00 e. The normalized spacial score (nSPS) is 5.71. The van der Waals surface area contributed by atoms with E-state index in [2.05, 4.69) is 0 Å². The molecule has 0 aliphatic rings. The molecule has 0 aromatic carbocycles. The fourth-order valence-electron chi connectivity index (χ4n) is 0.0167. The van der Waals surface area contributed by atoms with E-state index in [-0.39, 0.29) is 36.3 Å². The molecule has 0 saturated carbocycles. The van der Waals surface area contributed by atoms with Crippen molar-refractivity contribution in [2.24, 2.45) is 0 Å². The first-order valence-corrected chi connectivity index (χ1v) is 9.03. The molecule has 0 spiro atoms. The Morgan fingerprint density at radius 1 is 1.00 bits per heavy atom. The molecule has 0 unspecified atom stereocenters.